The lowest BCUT2D eigenvalue weighted by atomic mass is 10.3. The van der Waals surface area contributed by atoms with Crippen molar-refractivity contribution in [1.82, 2.24) is 5.32 Å². The molecule has 0 bridgehead atoms. The summed E-state index contributed by atoms with van der Waals surface area (Å²) in [7, 11) is -4.01. The van der Waals surface area contributed by atoms with E-state index < -0.39 is 21.9 Å². The van der Waals surface area contributed by atoms with E-state index in [-0.39, 0.29) is 27.3 Å². The first-order valence-electron chi connectivity index (χ1n) is 7.33. The minimum absolute atomic E-state index is 0.0785. The third-order valence-corrected chi connectivity index (χ3v) is 4.69. The Hall–Kier alpha value is -2.32. The van der Waals surface area contributed by atoms with Crippen LogP contribution in [-0.4, -0.2) is 20.5 Å². The molecule has 25 heavy (non-hydrogen) atoms. The lowest BCUT2D eigenvalue weighted by Crippen LogP contribution is -2.34. The van der Waals surface area contributed by atoms with Gasteiger partial charge in [0.25, 0.3) is 10.0 Å². The molecule has 0 aliphatic carbocycles. The molecule has 0 unspecified atom stereocenters. The number of nitrogens with one attached hydrogen (secondary N) is 3. The molecule has 0 fully saturated rings. The highest BCUT2D eigenvalue weighted by molar-refractivity contribution is 7.92. The predicted octanol–water partition coefficient (Wildman–Crippen LogP) is 3.81. The van der Waals surface area contributed by atoms with Gasteiger partial charge >= 0.3 is 6.03 Å². The van der Waals surface area contributed by atoms with Crippen LogP contribution in [0.4, 0.5) is 20.6 Å². The van der Waals surface area contributed by atoms with E-state index in [2.05, 4.69) is 15.4 Å². The van der Waals surface area contributed by atoms with Gasteiger partial charge in [0.2, 0.25) is 0 Å². The second-order valence-electron chi connectivity index (χ2n) is 5.48. The fraction of sp³-hybridized carbons (Fsp3) is 0.188. The standard InChI is InChI=1S/C16H17ClFN3O3S/c1-10(2)19-16(22)20-14-5-3-4-6-15(14)21-25(23,24)11-7-8-13(18)12(17)9-11/h3-10,21H,1-2H3,(H2,19,20,22). The van der Waals surface area contributed by atoms with Gasteiger partial charge in [0.1, 0.15) is 5.82 Å². The molecule has 3 N–H and O–H groups in total. The highest BCUT2D eigenvalue weighted by Gasteiger charge is 2.18. The van der Waals surface area contributed by atoms with E-state index in [4.69, 9.17) is 11.6 Å². The zero-order valence-corrected chi connectivity index (χ0v) is 15.1. The van der Waals surface area contributed by atoms with Crippen molar-refractivity contribution in [3.63, 3.8) is 0 Å². The van der Waals surface area contributed by atoms with Gasteiger partial charge in [-0.2, -0.15) is 0 Å². The second-order valence-corrected chi connectivity index (χ2v) is 7.57. The second kappa shape index (κ2) is 7.71. The number of urea groups is 1. The molecular formula is C16H17ClFN3O3S. The number of benzene rings is 2. The molecule has 0 saturated heterocycles. The highest BCUT2D eigenvalue weighted by atomic mass is 35.5. The summed E-state index contributed by atoms with van der Waals surface area (Å²) in [6.07, 6.45) is 0. The van der Waals surface area contributed by atoms with Crippen LogP contribution in [0.15, 0.2) is 47.4 Å². The minimum Gasteiger partial charge on any atom is -0.336 e. The van der Waals surface area contributed by atoms with E-state index >= 15 is 0 Å². The van der Waals surface area contributed by atoms with Crippen LogP contribution in [0, 0.1) is 5.82 Å². The summed E-state index contributed by atoms with van der Waals surface area (Å²) < 4.78 is 40.5. The molecule has 134 valence electrons. The van der Waals surface area contributed by atoms with Crippen molar-refractivity contribution < 1.29 is 17.6 Å². The van der Waals surface area contributed by atoms with Crippen molar-refractivity contribution in [3.05, 3.63) is 53.3 Å². The quantitative estimate of drug-likeness (QED) is 0.731. The van der Waals surface area contributed by atoms with Crippen LogP contribution in [0.3, 0.4) is 0 Å². The number of para-hydroxylation sites is 2. The molecule has 0 saturated carbocycles. The van der Waals surface area contributed by atoms with Gasteiger partial charge < -0.3 is 10.6 Å². The average molecular weight is 386 g/mol. The van der Waals surface area contributed by atoms with Gasteiger partial charge in [-0.05, 0) is 44.2 Å². The first kappa shape index (κ1) is 19.0. The first-order chi connectivity index (χ1) is 11.7. The fourth-order valence-electron chi connectivity index (χ4n) is 1.95. The Bertz CT molecular complexity index is 888. The molecule has 0 aliphatic heterocycles. The Labute approximate surface area is 150 Å². The summed E-state index contributed by atoms with van der Waals surface area (Å²) in [4.78, 5) is 11.6. The molecule has 2 amide bonds. The lowest BCUT2D eigenvalue weighted by Gasteiger charge is -2.15. The van der Waals surface area contributed by atoms with Crippen LogP contribution in [0.1, 0.15) is 13.8 Å². The van der Waals surface area contributed by atoms with Gasteiger partial charge in [-0.1, -0.05) is 23.7 Å². The Morgan fingerprint density at radius 2 is 1.76 bits per heavy atom. The molecule has 2 rings (SSSR count). The van der Waals surface area contributed by atoms with Crippen LogP contribution in [0.5, 0.6) is 0 Å². The molecule has 0 radical (unpaired) electrons. The summed E-state index contributed by atoms with van der Waals surface area (Å²) >= 11 is 5.64. The molecule has 0 spiro atoms. The van der Waals surface area contributed by atoms with Gasteiger partial charge in [0.15, 0.2) is 0 Å². The van der Waals surface area contributed by atoms with Crippen molar-refractivity contribution in [2.45, 2.75) is 24.8 Å². The van der Waals surface area contributed by atoms with Crippen molar-refractivity contribution in [1.29, 1.82) is 0 Å². The van der Waals surface area contributed by atoms with E-state index in [1.54, 1.807) is 32.0 Å². The monoisotopic (exact) mass is 385 g/mol. The number of halogens is 2. The summed E-state index contributed by atoms with van der Waals surface area (Å²) in [5.74, 6) is -0.715. The molecule has 9 heteroatoms. The van der Waals surface area contributed by atoms with Gasteiger partial charge in [0, 0.05) is 6.04 Å². The van der Waals surface area contributed by atoms with E-state index in [1.807, 2.05) is 0 Å². The lowest BCUT2D eigenvalue weighted by molar-refractivity contribution is 0.250. The number of sulfonamides is 1. The van der Waals surface area contributed by atoms with Crippen molar-refractivity contribution in [2.75, 3.05) is 10.0 Å². The number of carbonyl (C=O) groups is 1. The first-order valence-corrected chi connectivity index (χ1v) is 9.19. The Morgan fingerprint density at radius 1 is 1.12 bits per heavy atom. The number of hydrogen-bond acceptors (Lipinski definition) is 3. The van der Waals surface area contributed by atoms with Crippen LogP contribution >= 0.6 is 11.6 Å². The van der Waals surface area contributed by atoms with Crippen LogP contribution < -0.4 is 15.4 Å². The maximum Gasteiger partial charge on any atom is 0.319 e. The average Bonchev–Trinajstić information content (AvgIpc) is 2.50. The van der Waals surface area contributed by atoms with Gasteiger partial charge in [-0.25, -0.2) is 17.6 Å². The summed E-state index contributed by atoms with van der Waals surface area (Å²) in [5.41, 5.74) is 0.444. The zero-order chi connectivity index (χ0) is 18.6. The van der Waals surface area contributed by atoms with E-state index in [0.717, 1.165) is 18.2 Å². The van der Waals surface area contributed by atoms with Gasteiger partial charge in [0.05, 0.1) is 21.3 Å². The maximum atomic E-state index is 13.2. The minimum atomic E-state index is -4.01. The normalized spacial score (nSPS) is 11.2. The van der Waals surface area contributed by atoms with Crippen molar-refractivity contribution in [2.24, 2.45) is 0 Å². The summed E-state index contributed by atoms with van der Waals surface area (Å²) in [6.45, 7) is 3.60. The molecular weight excluding hydrogens is 369 g/mol. The predicted molar refractivity (Wildman–Crippen MR) is 96.0 cm³/mol. The topological polar surface area (TPSA) is 87.3 Å². The number of carbonyl (C=O) groups excluding carboxylic acids is 1. The van der Waals surface area contributed by atoms with E-state index in [9.17, 15) is 17.6 Å². The summed E-state index contributed by atoms with van der Waals surface area (Å²) in [5, 5.41) is 4.91. The number of hydrogen-bond donors (Lipinski definition) is 3. The van der Waals surface area contributed by atoms with Crippen LogP contribution in [-0.2, 0) is 10.0 Å². The molecule has 6 nitrogen and oxygen atoms in total. The summed E-state index contributed by atoms with van der Waals surface area (Å²) in [6, 6.07) is 8.85. The number of anilines is 2. The Balaban J connectivity index is 2.27. The molecule has 2 aromatic rings. The number of rotatable bonds is 5. The highest BCUT2D eigenvalue weighted by Crippen LogP contribution is 2.26. The molecule has 2 aromatic carbocycles. The van der Waals surface area contributed by atoms with E-state index in [0.29, 0.717) is 0 Å². The largest absolute Gasteiger partial charge is 0.336 e. The van der Waals surface area contributed by atoms with Gasteiger partial charge in [-0.3, -0.25) is 4.72 Å². The fourth-order valence-corrected chi connectivity index (χ4v) is 3.30. The number of amides is 2. The zero-order valence-electron chi connectivity index (χ0n) is 13.5. The SMILES string of the molecule is CC(C)NC(=O)Nc1ccccc1NS(=O)(=O)c1ccc(F)c(Cl)c1. The van der Waals surface area contributed by atoms with E-state index in [1.165, 1.54) is 6.07 Å². The molecule has 0 atom stereocenters. The molecule has 0 aliphatic rings. The Morgan fingerprint density at radius 3 is 2.36 bits per heavy atom. The Kier molecular flexibility index (Phi) is 5.86. The van der Waals surface area contributed by atoms with Crippen molar-refractivity contribution >= 4 is 39.0 Å². The van der Waals surface area contributed by atoms with Crippen molar-refractivity contribution in [3.8, 4) is 0 Å². The smallest absolute Gasteiger partial charge is 0.319 e. The maximum absolute atomic E-state index is 13.2. The van der Waals surface area contributed by atoms with Gasteiger partial charge in [-0.15, -0.1) is 0 Å². The molecule has 0 aromatic heterocycles. The third kappa shape index (κ3) is 5.07. The molecule has 0 heterocycles. The van der Waals surface area contributed by atoms with Crippen LogP contribution in [0.25, 0.3) is 0 Å². The van der Waals surface area contributed by atoms with Crippen LogP contribution in [0.2, 0.25) is 5.02 Å². The third-order valence-electron chi connectivity index (χ3n) is 3.04.